The van der Waals surface area contributed by atoms with Crippen LogP contribution in [0.2, 0.25) is 0 Å². The van der Waals surface area contributed by atoms with Crippen LogP contribution in [0.4, 0.5) is 0 Å². The third-order valence-corrected chi connectivity index (χ3v) is 7.67. The van der Waals surface area contributed by atoms with Crippen LogP contribution in [-0.2, 0) is 9.53 Å². The maximum absolute atomic E-state index is 13.3. The Labute approximate surface area is 226 Å². The van der Waals surface area contributed by atoms with Gasteiger partial charge in [0.2, 0.25) is 0 Å². The molecule has 0 aliphatic carbocycles. The number of hydrogen-bond donors (Lipinski definition) is 2. The number of fused-ring (bicyclic) bond motifs is 6. The average molecular weight is 527 g/mol. The number of hydrogen-bond acceptors (Lipinski definition) is 7. The van der Waals surface area contributed by atoms with Gasteiger partial charge in [0.05, 0.1) is 12.5 Å². The number of carbonyl (C=O) groups is 2. The molecule has 0 amide bonds. The number of aliphatic hydroxyl groups is 1. The van der Waals surface area contributed by atoms with Gasteiger partial charge in [0, 0.05) is 24.5 Å². The molecule has 6 rings (SSSR count). The van der Waals surface area contributed by atoms with Crippen LogP contribution in [-0.4, -0.2) is 33.9 Å². The molecular formula is C32H30O7. The highest BCUT2D eigenvalue weighted by Crippen LogP contribution is 2.53. The molecule has 2 N–H and O–H groups in total. The van der Waals surface area contributed by atoms with E-state index in [1.165, 1.54) is 6.07 Å². The van der Waals surface area contributed by atoms with Gasteiger partial charge in [0.1, 0.15) is 28.9 Å². The van der Waals surface area contributed by atoms with Crippen LogP contribution in [0.15, 0.2) is 72.8 Å². The monoisotopic (exact) mass is 526 g/mol. The second kappa shape index (κ2) is 10.3. The van der Waals surface area contributed by atoms with Crippen molar-refractivity contribution in [3.8, 4) is 17.2 Å². The van der Waals surface area contributed by atoms with E-state index >= 15 is 0 Å². The Hall–Kier alpha value is -3.94. The van der Waals surface area contributed by atoms with Gasteiger partial charge >= 0.3 is 5.97 Å². The molecule has 200 valence electrons. The van der Waals surface area contributed by atoms with Gasteiger partial charge in [-0.15, -0.1) is 0 Å². The maximum atomic E-state index is 13.3. The summed E-state index contributed by atoms with van der Waals surface area (Å²) in [5.41, 5.74) is 2.34. The minimum absolute atomic E-state index is 0.0727. The predicted octanol–water partition coefficient (Wildman–Crippen LogP) is 5.85. The van der Waals surface area contributed by atoms with E-state index in [1.807, 2.05) is 66.7 Å². The van der Waals surface area contributed by atoms with Gasteiger partial charge in [-0.1, -0.05) is 66.7 Å². The van der Waals surface area contributed by atoms with Crippen LogP contribution in [0.3, 0.4) is 0 Å². The lowest BCUT2D eigenvalue weighted by Gasteiger charge is -2.42. The van der Waals surface area contributed by atoms with Crippen LogP contribution >= 0.6 is 0 Å². The van der Waals surface area contributed by atoms with Gasteiger partial charge in [-0.3, -0.25) is 9.59 Å². The van der Waals surface area contributed by atoms with Crippen molar-refractivity contribution in [2.75, 3.05) is 0 Å². The summed E-state index contributed by atoms with van der Waals surface area (Å²) < 4.78 is 18.4. The second-order valence-corrected chi connectivity index (χ2v) is 10.5. The van der Waals surface area contributed by atoms with Crippen LogP contribution < -0.4 is 9.47 Å². The van der Waals surface area contributed by atoms with Gasteiger partial charge in [-0.25, -0.2) is 0 Å². The van der Waals surface area contributed by atoms with E-state index in [4.69, 9.17) is 14.2 Å². The number of aromatic hydroxyl groups is 1. The van der Waals surface area contributed by atoms with Crippen LogP contribution in [0.5, 0.6) is 17.2 Å². The molecule has 1 saturated heterocycles. The lowest BCUT2D eigenvalue weighted by molar-refractivity contribution is -0.227. The first-order chi connectivity index (χ1) is 18.9. The van der Waals surface area contributed by atoms with Crippen molar-refractivity contribution in [3.63, 3.8) is 0 Å². The lowest BCUT2D eigenvalue weighted by atomic mass is 9.79. The van der Waals surface area contributed by atoms with E-state index in [-0.39, 0.29) is 59.9 Å². The van der Waals surface area contributed by atoms with Crippen LogP contribution in [0.1, 0.15) is 77.6 Å². The number of Topliss-reactive ketones (excluding diaryl/α,β-unsaturated/α-hetero) is 1. The summed E-state index contributed by atoms with van der Waals surface area (Å²) in [4.78, 5) is 26.0. The van der Waals surface area contributed by atoms with Crippen LogP contribution in [0.25, 0.3) is 6.08 Å². The SMILES string of the molecule is O=C1CCC[C@@H]2C[C@H](C[C@](O)(C=Cc3ccccc3)O2)c2c(cc(O)c3c2O[C@@H](c2ccccc2)CC3=O)O1. The number of rotatable bonds is 3. The summed E-state index contributed by atoms with van der Waals surface area (Å²) in [6.07, 6.45) is 4.61. The fraction of sp³-hybridized carbons (Fsp3) is 0.312. The highest BCUT2D eigenvalue weighted by atomic mass is 16.6. The topological polar surface area (TPSA) is 102 Å². The molecule has 1 fully saturated rings. The molecule has 39 heavy (non-hydrogen) atoms. The Morgan fingerprint density at radius 1 is 1.00 bits per heavy atom. The Morgan fingerprint density at radius 2 is 1.74 bits per heavy atom. The summed E-state index contributed by atoms with van der Waals surface area (Å²) in [5.74, 6) is -2.57. The van der Waals surface area contributed by atoms with Gasteiger partial charge in [-0.05, 0) is 42.4 Å². The van der Waals surface area contributed by atoms with E-state index in [0.29, 0.717) is 24.8 Å². The van der Waals surface area contributed by atoms with Gasteiger partial charge in [0.15, 0.2) is 11.6 Å². The van der Waals surface area contributed by atoms with Crippen LogP contribution in [0, 0.1) is 0 Å². The smallest absolute Gasteiger partial charge is 0.311 e. The fourth-order valence-corrected chi connectivity index (χ4v) is 5.89. The van der Waals surface area contributed by atoms with E-state index < -0.39 is 17.9 Å². The van der Waals surface area contributed by atoms with Crippen molar-refractivity contribution in [2.45, 2.75) is 62.4 Å². The first kappa shape index (κ1) is 25.3. The summed E-state index contributed by atoms with van der Waals surface area (Å²) in [7, 11) is 0. The molecule has 0 aromatic heterocycles. The molecule has 0 spiro atoms. The van der Waals surface area contributed by atoms with E-state index in [1.54, 1.807) is 6.08 Å². The van der Waals surface area contributed by atoms with Crippen molar-refractivity contribution >= 4 is 17.8 Å². The summed E-state index contributed by atoms with van der Waals surface area (Å²) >= 11 is 0. The average Bonchev–Trinajstić information content (AvgIpc) is 2.92. The molecule has 3 aliphatic heterocycles. The number of phenols is 1. The molecule has 7 nitrogen and oxygen atoms in total. The maximum Gasteiger partial charge on any atom is 0.311 e. The number of ketones is 1. The largest absolute Gasteiger partial charge is 0.507 e. The highest BCUT2D eigenvalue weighted by Gasteiger charge is 2.44. The van der Waals surface area contributed by atoms with Crippen molar-refractivity contribution < 1.29 is 34.0 Å². The molecule has 3 aromatic carbocycles. The van der Waals surface area contributed by atoms with E-state index in [0.717, 1.165) is 11.1 Å². The first-order valence-electron chi connectivity index (χ1n) is 13.4. The zero-order chi connectivity index (χ0) is 27.0. The molecule has 0 saturated carbocycles. The normalized spacial score (nSPS) is 26.7. The molecule has 3 aromatic rings. The number of benzene rings is 3. The van der Waals surface area contributed by atoms with Gasteiger partial charge < -0.3 is 24.4 Å². The summed E-state index contributed by atoms with van der Waals surface area (Å²) in [6, 6.07) is 20.4. The fourth-order valence-electron chi connectivity index (χ4n) is 5.89. The second-order valence-electron chi connectivity index (χ2n) is 10.5. The number of esters is 1. The molecular weight excluding hydrogens is 496 g/mol. The number of phenolic OH excluding ortho intramolecular Hbond substituents is 1. The van der Waals surface area contributed by atoms with Crippen molar-refractivity contribution in [3.05, 3.63) is 95.1 Å². The highest BCUT2D eigenvalue weighted by molar-refractivity contribution is 6.03. The Morgan fingerprint density at radius 3 is 2.51 bits per heavy atom. The first-order valence-corrected chi connectivity index (χ1v) is 13.4. The lowest BCUT2D eigenvalue weighted by Crippen LogP contribution is -2.42. The van der Waals surface area contributed by atoms with Gasteiger partial charge in [0.25, 0.3) is 0 Å². The molecule has 2 bridgehead atoms. The zero-order valence-electron chi connectivity index (χ0n) is 21.4. The molecule has 3 aliphatic rings. The van der Waals surface area contributed by atoms with Crippen molar-refractivity contribution in [2.24, 2.45) is 0 Å². The van der Waals surface area contributed by atoms with Crippen molar-refractivity contribution in [1.82, 2.24) is 0 Å². The van der Waals surface area contributed by atoms with E-state index in [9.17, 15) is 19.8 Å². The quantitative estimate of drug-likeness (QED) is 0.326. The summed E-state index contributed by atoms with van der Waals surface area (Å²) in [5, 5.41) is 22.5. The standard InChI is InChI=1S/C32H30O7/c33-24-17-26(21-10-5-2-6-11-21)38-31-29-22-16-23(12-7-13-28(35)37-27(29)18-25(34)30(24)31)39-32(36,19-22)15-14-20-8-3-1-4-9-20/h1-6,8-11,14-15,18,22-23,26,34,36H,7,12-13,16-17,19H2/t22-,23-,26-,32+/m1/s1. The zero-order valence-corrected chi connectivity index (χ0v) is 21.4. The molecule has 7 heteroatoms. The Kier molecular flexibility index (Phi) is 6.71. The Balaban J connectivity index is 1.45. The third kappa shape index (κ3) is 5.20. The molecule has 0 radical (unpaired) electrons. The van der Waals surface area contributed by atoms with Gasteiger partial charge in [-0.2, -0.15) is 0 Å². The van der Waals surface area contributed by atoms with Crippen molar-refractivity contribution in [1.29, 1.82) is 0 Å². The molecule has 3 heterocycles. The molecule has 0 unspecified atom stereocenters. The molecule has 4 atom stereocenters. The summed E-state index contributed by atoms with van der Waals surface area (Å²) in [6.45, 7) is 0. The predicted molar refractivity (Wildman–Crippen MR) is 144 cm³/mol. The third-order valence-electron chi connectivity index (χ3n) is 7.67. The Bertz CT molecular complexity index is 1420. The minimum Gasteiger partial charge on any atom is -0.507 e. The van der Waals surface area contributed by atoms with E-state index in [2.05, 4.69) is 0 Å². The minimum atomic E-state index is -1.59. The number of ether oxygens (including phenoxy) is 3. The number of carbonyl (C=O) groups excluding carboxylic acids is 2.